The summed E-state index contributed by atoms with van der Waals surface area (Å²) >= 11 is 0. The predicted molar refractivity (Wildman–Crippen MR) is 109 cm³/mol. The number of carbonyl (C=O) groups is 1. The van der Waals surface area contributed by atoms with E-state index in [4.69, 9.17) is 4.74 Å². The van der Waals surface area contributed by atoms with Gasteiger partial charge in [0.1, 0.15) is 17.3 Å². The van der Waals surface area contributed by atoms with Crippen molar-refractivity contribution < 1.29 is 9.53 Å². The van der Waals surface area contributed by atoms with E-state index in [9.17, 15) is 4.79 Å². The van der Waals surface area contributed by atoms with Crippen molar-refractivity contribution in [3.05, 3.63) is 47.9 Å². The van der Waals surface area contributed by atoms with Crippen molar-refractivity contribution in [2.75, 3.05) is 49.1 Å². The van der Waals surface area contributed by atoms with Crippen LogP contribution in [0.1, 0.15) is 29.2 Å². The second kappa shape index (κ2) is 8.56. The number of piperazine rings is 1. The molecule has 0 spiro atoms. The molecule has 7 heteroatoms. The highest BCUT2D eigenvalue weighted by atomic mass is 16.5. The fourth-order valence-corrected chi connectivity index (χ4v) is 3.77. The Morgan fingerprint density at radius 1 is 1.14 bits per heavy atom. The molecule has 7 nitrogen and oxygen atoms in total. The van der Waals surface area contributed by atoms with Gasteiger partial charge in [0.2, 0.25) is 0 Å². The third-order valence-electron chi connectivity index (χ3n) is 5.30. The molecule has 2 fully saturated rings. The van der Waals surface area contributed by atoms with Crippen LogP contribution in [0, 0.1) is 6.92 Å². The zero-order chi connectivity index (χ0) is 19.3. The number of amides is 1. The Morgan fingerprint density at radius 2 is 1.89 bits per heavy atom. The molecule has 4 rings (SSSR count). The van der Waals surface area contributed by atoms with Gasteiger partial charge in [-0.3, -0.25) is 4.79 Å². The smallest absolute Gasteiger partial charge is 0.270 e. The summed E-state index contributed by atoms with van der Waals surface area (Å²) in [6, 6.07) is 12.3. The second-order valence-electron chi connectivity index (χ2n) is 7.31. The summed E-state index contributed by atoms with van der Waals surface area (Å²) in [5.41, 5.74) is 1.67. The van der Waals surface area contributed by atoms with Crippen molar-refractivity contribution in [2.45, 2.75) is 25.9 Å². The Balaban J connectivity index is 1.39. The molecule has 2 aliphatic heterocycles. The van der Waals surface area contributed by atoms with Crippen molar-refractivity contribution in [1.82, 2.24) is 15.3 Å². The fraction of sp³-hybridized carbons (Fsp3) is 0.476. The van der Waals surface area contributed by atoms with Crippen LogP contribution in [-0.2, 0) is 4.74 Å². The summed E-state index contributed by atoms with van der Waals surface area (Å²) in [6.45, 7) is 6.73. The van der Waals surface area contributed by atoms with Crippen LogP contribution >= 0.6 is 0 Å². The van der Waals surface area contributed by atoms with Crippen molar-refractivity contribution in [1.29, 1.82) is 0 Å². The SMILES string of the molecule is Cc1nc(C(=O)NCC2CCCO2)cc(N2CCN(c3ccccc3)CC2)n1. The zero-order valence-electron chi connectivity index (χ0n) is 16.3. The highest BCUT2D eigenvalue weighted by molar-refractivity contribution is 5.93. The van der Waals surface area contributed by atoms with E-state index in [2.05, 4.69) is 49.4 Å². The van der Waals surface area contributed by atoms with E-state index in [0.29, 0.717) is 18.1 Å². The van der Waals surface area contributed by atoms with E-state index in [1.165, 1.54) is 5.69 Å². The van der Waals surface area contributed by atoms with Gasteiger partial charge in [-0.1, -0.05) is 18.2 Å². The van der Waals surface area contributed by atoms with Gasteiger partial charge in [0, 0.05) is 51.1 Å². The van der Waals surface area contributed by atoms with Gasteiger partial charge in [0.25, 0.3) is 5.91 Å². The van der Waals surface area contributed by atoms with E-state index < -0.39 is 0 Å². The Bertz CT molecular complexity index is 800. The van der Waals surface area contributed by atoms with E-state index in [0.717, 1.165) is 51.4 Å². The maximum Gasteiger partial charge on any atom is 0.270 e. The second-order valence-corrected chi connectivity index (χ2v) is 7.31. The van der Waals surface area contributed by atoms with Gasteiger partial charge < -0.3 is 19.9 Å². The van der Waals surface area contributed by atoms with Crippen molar-refractivity contribution in [3.63, 3.8) is 0 Å². The Labute approximate surface area is 165 Å². The highest BCUT2D eigenvalue weighted by Gasteiger charge is 2.21. The van der Waals surface area contributed by atoms with Gasteiger partial charge in [-0.05, 0) is 31.9 Å². The predicted octanol–water partition coefficient (Wildman–Crippen LogP) is 2.02. The number of ether oxygens (including phenoxy) is 1. The lowest BCUT2D eigenvalue weighted by atomic mass is 10.2. The van der Waals surface area contributed by atoms with Gasteiger partial charge in [-0.15, -0.1) is 0 Å². The van der Waals surface area contributed by atoms with E-state index in [1.807, 2.05) is 13.0 Å². The lowest BCUT2D eigenvalue weighted by Crippen LogP contribution is -2.47. The highest BCUT2D eigenvalue weighted by Crippen LogP contribution is 2.20. The summed E-state index contributed by atoms with van der Waals surface area (Å²) in [7, 11) is 0. The maximum absolute atomic E-state index is 12.5. The number of carbonyl (C=O) groups excluding carboxylic acids is 1. The largest absolute Gasteiger partial charge is 0.376 e. The summed E-state index contributed by atoms with van der Waals surface area (Å²) in [5.74, 6) is 1.28. The maximum atomic E-state index is 12.5. The van der Waals surface area contributed by atoms with E-state index >= 15 is 0 Å². The average Bonchev–Trinajstić information content (AvgIpc) is 3.26. The molecule has 1 atom stereocenters. The molecular weight excluding hydrogens is 354 g/mol. The van der Waals surface area contributed by atoms with Gasteiger partial charge in [0.05, 0.1) is 6.10 Å². The number of hydrogen-bond donors (Lipinski definition) is 1. The van der Waals surface area contributed by atoms with Gasteiger partial charge in [0.15, 0.2) is 0 Å². The summed E-state index contributed by atoms with van der Waals surface area (Å²) in [6.07, 6.45) is 2.18. The lowest BCUT2D eigenvalue weighted by Gasteiger charge is -2.36. The molecule has 0 saturated carbocycles. The molecule has 1 N–H and O–H groups in total. The summed E-state index contributed by atoms with van der Waals surface area (Å²) < 4.78 is 5.57. The monoisotopic (exact) mass is 381 g/mol. The molecule has 28 heavy (non-hydrogen) atoms. The van der Waals surface area contributed by atoms with Crippen LogP contribution in [0.2, 0.25) is 0 Å². The number of aryl methyl sites for hydroxylation is 1. The molecule has 1 aromatic heterocycles. The summed E-state index contributed by atoms with van der Waals surface area (Å²) in [5, 5.41) is 2.95. The number of nitrogens with zero attached hydrogens (tertiary/aromatic N) is 4. The minimum Gasteiger partial charge on any atom is -0.376 e. The standard InChI is InChI=1S/C21H27N5O2/c1-16-23-19(21(27)22-15-18-8-5-13-28-18)14-20(24-16)26-11-9-25(10-12-26)17-6-3-2-4-7-17/h2-4,6-7,14,18H,5,8-13,15H2,1H3,(H,22,27). The minimum absolute atomic E-state index is 0.123. The van der Waals surface area contributed by atoms with Crippen molar-refractivity contribution in [3.8, 4) is 0 Å². The number of nitrogens with one attached hydrogen (secondary N) is 1. The molecule has 1 unspecified atom stereocenters. The quantitative estimate of drug-likeness (QED) is 0.855. The molecule has 0 radical (unpaired) electrons. The number of anilines is 2. The molecule has 2 saturated heterocycles. The Hall–Kier alpha value is -2.67. The van der Waals surface area contributed by atoms with Gasteiger partial charge in [-0.2, -0.15) is 0 Å². The molecule has 0 aliphatic carbocycles. The average molecular weight is 381 g/mol. The minimum atomic E-state index is -0.162. The number of aromatic nitrogens is 2. The first-order valence-electron chi connectivity index (χ1n) is 9.99. The molecule has 2 aromatic rings. The zero-order valence-corrected chi connectivity index (χ0v) is 16.3. The Morgan fingerprint density at radius 3 is 2.61 bits per heavy atom. The third kappa shape index (κ3) is 4.42. The van der Waals surface area contributed by atoms with Crippen LogP contribution in [0.4, 0.5) is 11.5 Å². The Kier molecular flexibility index (Phi) is 5.71. The molecule has 148 valence electrons. The van der Waals surface area contributed by atoms with Gasteiger partial charge >= 0.3 is 0 Å². The third-order valence-corrected chi connectivity index (χ3v) is 5.30. The van der Waals surface area contributed by atoms with Crippen LogP contribution in [0.3, 0.4) is 0 Å². The van der Waals surface area contributed by atoms with Crippen molar-refractivity contribution >= 4 is 17.4 Å². The van der Waals surface area contributed by atoms with Crippen LogP contribution in [0.25, 0.3) is 0 Å². The fourth-order valence-electron chi connectivity index (χ4n) is 3.77. The number of benzene rings is 1. The molecule has 1 amide bonds. The number of rotatable bonds is 5. The first kappa shape index (κ1) is 18.7. The molecule has 3 heterocycles. The van der Waals surface area contributed by atoms with E-state index in [-0.39, 0.29) is 12.0 Å². The first-order valence-corrected chi connectivity index (χ1v) is 9.99. The topological polar surface area (TPSA) is 70.6 Å². The van der Waals surface area contributed by atoms with Crippen LogP contribution in [0.5, 0.6) is 0 Å². The summed E-state index contributed by atoms with van der Waals surface area (Å²) in [4.78, 5) is 26.0. The molecule has 0 bridgehead atoms. The van der Waals surface area contributed by atoms with Crippen LogP contribution in [0.15, 0.2) is 36.4 Å². The van der Waals surface area contributed by atoms with Gasteiger partial charge in [-0.25, -0.2) is 9.97 Å². The molecule has 2 aliphatic rings. The first-order chi connectivity index (χ1) is 13.7. The number of para-hydroxylation sites is 1. The van der Waals surface area contributed by atoms with Crippen LogP contribution in [-0.4, -0.2) is 61.3 Å². The van der Waals surface area contributed by atoms with Crippen molar-refractivity contribution in [2.24, 2.45) is 0 Å². The molecule has 1 aromatic carbocycles. The van der Waals surface area contributed by atoms with Crippen LogP contribution < -0.4 is 15.1 Å². The van der Waals surface area contributed by atoms with E-state index in [1.54, 1.807) is 6.07 Å². The molecular formula is C21H27N5O2. The normalized spacial score (nSPS) is 19.7. The number of hydrogen-bond acceptors (Lipinski definition) is 6. The lowest BCUT2D eigenvalue weighted by molar-refractivity contribution is 0.0853.